The van der Waals surface area contributed by atoms with E-state index in [1.807, 2.05) is 18.3 Å². The van der Waals surface area contributed by atoms with E-state index in [0.717, 1.165) is 40.8 Å². The molecule has 0 unspecified atom stereocenters. The highest BCUT2D eigenvalue weighted by Crippen LogP contribution is 2.61. The zero-order chi connectivity index (χ0) is 23.7. The number of aromatic amines is 1. The van der Waals surface area contributed by atoms with Crippen LogP contribution < -0.4 is 10.1 Å². The second-order valence-corrected chi connectivity index (χ2v) is 8.93. The molecule has 0 radical (unpaired) electrons. The van der Waals surface area contributed by atoms with Gasteiger partial charge in [0, 0.05) is 40.8 Å². The van der Waals surface area contributed by atoms with Crippen molar-refractivity contribution >= 4 is 17.6 Å². The standard InChI is InChI=1S/C26H24N4O4/c27-13-16-4-5-17(2-1-3-24(31)32)22(10-16)30-25(33)21-12-26(21)8-9-34-23-7-6-18(11-20(23)26)19-14-28-29-15-19/h4-7,10-11,14-15,21H,1-3,8-9,12H2,(H,28,29)(H,30,33)(H,31,32)/t21-,26-/m0/s1. The number of carbonyl (C=O) groups is 2. The Bertz CT molecular complexity index is 1290. The van der Waals surface area contributed by atoms with E-state index in [1.54, 1.807) is 24.4 Å². The van der Waals surface area contributed by atoms with Crippen LogP contribution in [0.25, 0.3) is 11.1 Å². The quantitative estimate of drug-likeness (QED) is 0.492. The van der Waals surface area contributed by atoms with Crippen LogP contribution in [0.5, 0.6) is 5.75 Å². The number of hydrogen-bond donors (Lipinski definition) is 3. The first-order valence-corrected chi connectivity index (χ1v) is 11.3. The lowest BCUT2D eigenvalue weighted by Gasteiger charge is -2.27. The SMILES string of the molecule is N#Cc1ccc(CCCC(=O)O)c(NC(=O)[C@@H]2C[C@]23CCOc2ccc(-c4cn[nH]c4)cc23)c1. The van der Waals surface area contributed by atoms with Gasteiger partial charge in [0.2, 0.25) is 5.91 Å². The van der Waals surface area contributed by atoms with Gasteiger partial charge in [-0.1, -0.05) is 12.1 Å². The molecule has 1 aliphatic carbocycles. The van der Waals surface area contributed by atoms with Crippen LogP contribution in [0.4, 0.5) is 5.69 Å². The van der Waals surface area contributed by atoms with E-state index in [9.17, 15) is 14.9 Å². The van der Waals surface area contributed by atoms with Crippen LogP contribution >= 0.6 is 0 Å². The molecule has 1 aliphatic heterocycles. The Morgan fingerprint density at radius 3 is 2.91 bits per heavy atom. The third-order valence-electron chi connectivity index (χ3n) is 6.88. The first-order chi connectivity index (χ1) is 16.5. The number of nitrogens with zero attached hydrogens (tertiary/aromatic N) is 2. The van der Waals surface area contributed by atoms with Crippen LogP contribution in [0, 0.1) is 17.2 Å². The van der Waals surface area contributed by atoms with Gasteiger partial charge in [-0.3, -0.25) is 14.7 Å². The van der Waals surface area contributed by atoms with Crippen LogP contribution in [-0.2, 0) is 21.4 Å². The van der Waals surface area contributed by atoms with Crippen molar-refractivity contribution in [3.63, 3.8) is 0 Å². The number of rotatable bonds is 7. The van der Waals surface area contributed by atoms with E-state index in [-0.39, 0.29) is 23.7 Å². The Morgan fingerprint density at radius 2 is 2.15 bits per heavy atom. The molecule has 3 N–H and O–H groups in total. The number of nitrogens with one attached hydrogen (secondary N) is 2. The minimum Gasteiger partial charge on any atom is -0.493 e. The molecule has 172 valence electrons. The Balaban J connectivity index is 1.38. The molecule has 1 saturated carbocycles. The van der Waals surface area contributed by atoms with Crippen molar-refractivity contribution in [1.82, 2.24) is 10.2 Å². The van der Waals surface area contributed by atoms with E-state index in [4.69, 9.17) is 9.84 Å². The molecule has 34 heavy (non-hydrogen) atoms. The normalized spacial score (nSPS) is 20.1. The molecule has 2 aliphatic rings. The Hall–Kier alpha value is -4.12. The van der Waals surface area contributed by atoms with Gasteiger partial charge < -0.3 is 15.2 Å². The smallest absolute Gasteiger partial charge is 0.303 e. The summed E-state index contributed by atoms with van der Waals surface area (Å²) in [6.07, 6.45) is 6.11. The molecule has 3 aromatic rings. The first-order valence-electron chi connectivity index (χ1n) is 11.3. The molecule has 2 heterocycles. The molecule has 2 aromatic carbocycles. The lowest BCUT2D eigenvalue weighted by molar-refractivity contribution is -0.137. The number of ether oxygens (including phenoxy) is 1. The van der Waals surface area contributed by atoms with E-state index < -0.39 is 5.97 Å². The number of carboxylic acids is 1. The molecule has 1 aromatic heterocycles. The second-order valence-electron chi connectivity index (χ2n) is 8.93. The highest BCUT2D eigenvalue weighted by molar-refractivity contribution is 5.97. The highest BCUT2D eigenvalue weighted by Gasteiger charge is 2.61. The maximum atomic E-state index is 13.4. The van der Waals surface area contributed by atoms with Crippen molar-refractivity contribution < 1.29 is 19.4 Å². The van der Waals surface area contributed by atoms with Crippen molar-refractivity contribution in [2.24, 2.45) is 5.92 Å². The second kappa shape index (κ2) is 8.67. The number of carboxylic acid groups (broad SMARTS) is 1. The van der Waals surface area contributed by atoms with E-state index in [1.165, 1.54) is 0 Å². The number of H-pyrrole nitrogens is 1. The monoisotopic (exact) mass is 456 g/mol. The van der Waals surface area contributed by atoms with Gasteiger partial charge in [-0.05, 0) is 61.1 Å². The third kappa shape index (κ3) is 4.01. The van der Waals surface area contributed by atoms with Crippen molar-refractivity contribution in [1.29, 1.82) is 5.26 Å². The number of hydrogen-bond acceptors (Lipinski definition) is 5. The zero-order valence-corrected chi connectivity index (χ0v) is 18.5. The van der Waals surface area contributed by atoms with Crippen molar-refractivity contribution in [3.05, 3.63) is 65.5 Å². The first kappa shape index (κ1) is 21.7. The highest BCUT2D eigenvalue weighted by atomic mass is 16.5. The minimum atomic E-state index is -0.855. The Labute approximate surface area is 196 Å². The maximum absolute atomic E-state index is 13.4. The fraction of sp³-hybridized carbons (Fsp3) is 0.308. The summed E-state index contributed by atoms with van der Waals surface area (Å²) in [5, 5.41) is 28.2. The van der Waals surface area contributed by atoms with Gasteiger partial charge in [-0.25, -0.2) is 0 Å². The molecule has 2 atom stereocenters. The van der Waals surface area contributed by atoms with Crippen LogP contribution in [0.15, 0.2) is 48.8 Å². The summed E-state index contributed by atoms with van der Waals surface area (Å²) in [5.41, 5.74) is 4.63. The summed E-state index contributed by atoms with van der Waals surface area (Å²) in [6.45, 7) is 0.562. The van der Waals surface area contributed by atoms with Gasteiger partial charge in [0.1, 0.15) is 5.75 Å². The molecular formula is C26H24N4O4. The molecule has 1 amide bonds. The number of aliphatic carboxylic acids is 1. The zero-order valence-electron chi connectivity index (χ0n) is 18.5. The van der Waals surface area contributed by atoms with Crippen LogP contribution in [-0.4, -0.2) is 33.8 Å². The summed E-state index contributed by atoms with van der Waals surface area (Å²) in [5.74, 6) is -0.328. The van der Waals surface area contributed by atoms with Gasteiger partial charge in [-0.15, -0.1) is 0 Å². The number of fused-ring (bicyclic) bond motifs is 2. The van der Waals surface area contributed by atoms with Gasteiger partial charge >= 0.3 is 5.97 Å². The average molecular weight is 457 g/mol. The molecule has 1 fully saturated rings. The van der Waals surface area contributed by atoms with E-state index >= 15 is 0 Å². The number of nitriles is 1. The predicted molar refractivity (Wildman–Crippen MR) is 124 cm³/mol. The van der Waals surface area contributed by atoms with E-state index in [2.05, 4.69) is 27.6 Å². The Kier molecular flexibility index (Phi) is 5.54. The topological polar surface area (TPSA) is 128 Å². The molecule has 8 nitrogen and oxygen atoms in total. The molecule has 0 bridgehead atoms. The number of anilines is 1. The summed E-state index contributed by atoms with van der Waals surface area (Å²) in [6, 6.07) is 13.3. The van der Waals surface area contributed by atoms with Crippen LogP contribution in [0.2, 0.25) is 0 Å². The Morgan fingerprint density at radius 1 is 1.26 bits per heavy atom. The molecular weight excluding hydrogens is 432 g/mol. The summed E-state index contributed by atoms with van der Waals surface area (Å²) in [4.78, 5) is 24.3. The lowest BCUT2D eigenvalue weighted by Crippen LogP contribution is -2.27. The average Bonchev–Trinajstić information content (AvgIpc) is 3.28. The molecule has 5 rings (SSSR count). The van der Waals surface area contributed by atoms with Crippen LogP contribution in [0.1, 0.15) is 42.4 Å². The fourth-order valence-corrected chi connectivity index (χ4v) is 4.96. The number of aryl methyl sites for hydroxylation is 1. The van der Waals surface area contributed by atoms with Crippen molar-refractivity contribution in [3.8, 4) is 22.9 Å². The van der Waals surface area contributed by atoms with Gasteiger partial charge in [0.05, 0.1) is 24.4 Å². The van der Waals surface area contributed by atoms with Gasteiger partial charge in [0.25, 0.3) is 0 Å². The summed E-state index contributed by atoms with van der Waals surface area (Å²) in [7, 11) is 0. The van der Waals surface area contributed by atoms with Crippen LogP contribution in [0.3, 0.4) is 0 Å². The lowest BCUT2D eigenvalue weighted by atomic mass is 9.85. The number of aromatic nitrogens is 2. The molecule has 1 spiro atoms. The van der Waals surface area contributed by atoms with Gasteiger partial charge in [-0.2, -0.15) is 10.4 Å². The minimum absolute atomic E-state index is 0.0505. The van der Waals surface area contributed by atoms with Gasteiger partial charge in [0.15, 0.2) is 0 Å². The largest absolute Gasteiger partial charge is 0.493 e. The number of benzene rings is 2. The predicted octanol–water partition coefficient (Wildman–Crippen LogP) is 4.03. The van der Waals surface area contributed by atoms with E-state index in [0.29, 0.717) is 30.7 Å². The van der Waals surface area contributed by atoms with Crippen molar-refractivity contribution in [2.75, 3.05) is 11.9 Å². The van der Waals surface area contributed by atoms with Crippen molar-refractivity contribution in [2.45, 2.75) is 37.5 Å². The third-order valence-corrected chi connectivity index (χ3v) is 6.88. The molecule has 0 saturated heterocycles. The number of amides is 1. The fourth-order valence-electron chi connectivity index (χ4n) is 4.96. The number of carbonyl (C=O) groups excluding carboxylic acids is 1. The molecule has 8 heteroatoms. The summed E-state index contributed by atoms with van der Waals surface area (Å²) >= 11 is 0. The maximum Gasteiger partial charge on any atom is 0.303 e. The summed E-state index contributed by atoms with van der Waals surface area (Å²) < 4.78 is 5.89.